The molecule has 11 nitrogen and oxygen atoms in total. The molecule has 0 bridgehead atoms. The van der Waals surface area contributed by atoms with Gasteiger partial charge >= 0.3 is 5.97 Å². The van der Waals surface area contributed by atoms with E-state index in [2.05, 4.69) is 31.3 Å². The molecule has 0 aromatic rings. The minimum Gasteiger partial charge on any atom is -0.466 e. The van der Waals surface area contributed by atoms with Crippen LogP contribution in [0.4, 0.5) is 0 Å². The normalized spacial score (nSPS) is 19.3. The van der Waals surface area contributed by atoms with Gasteiger partial charge in [-0.2, -0.15) is 0 Å². The van der Waals surface area contributed by atoms with Crippen LogP contribution in [0, 0.1) is 0 Å². The molecule has 7 unspecified atom stereocenters. The Labute approximate surface area is 429 Å². The van der Waals surface area contributed by atoms with E-state index in [1.807, 2.05) is 6.08 Å². The van der Waals surface area contributed by atoms with Crippen LogP contribution < -0.4 is 5.32 Å². The molecule has 0 aliphatic carbocycles. The maximum atomic E-state index is 13.0. The summed E-state index contributed by atoms with van der Waals surface area (Å²) in [5.74, 6) is -0.208. The number of aliphatic hydroxyl groups is 5. The van der Waals surface area contributed by atoms with Crippen LogP contribution in [-0.4, -0.2) is 100 Å². The van der Waals surface area contributed by atoms with E-state index >= 15 is 0 Å². The standard InChI is InChI=1S/C59H111NO10/c1-3-5-7-9-11-13-14-15-20-24-27-31-35-39-43-47-55(64)68-48-44-40-36-32-28-25-22-19-17-16-18-21-23-26-30-34-38-42-46-54(63)60-51(52(62)45-41-37-33-29-12-10-8-6-4-2)50-69-59-58(67)57(66)56(65)53(49-61)70-59/h18,21,41,45,51-53,56-59,61-62,65-67H,3-17,19-20,22-40,42-44,46-50H2,1-2H3,(H,60,63)/b21-18-,45-41+. The number of amides is 1. The van der Waals surface area contributed by atoms with E-state index < -0.39 is 49.5 Å². The van der Waals surface area contributed by atoms with Crippen molar-refractivity contribution in [1.82, 2.24) is 5.32 Å². The number of aliphatic hydroxyl groups excluding tert-OH is 5. The van der Waals surface area contributed by atoms with Gasteiger partial charge in [-0.05, 0) is 57.8 Å². The Morgan fingerprint density at radius 1 is 0.514 bits per heavy atom. The summed E-state index contributed by atoms with van der Waals surface area (Å²) in [7, 11) is 0. The molecule has 1 amide bonds. The van der Waals surface area contributed by atoms with E-state index in [1.54, 1.807) is 6.08 Å². The number of hydrogen-bond donors (Lipinski definition) is 6. The Bertz CT molecular complexity index is 1220. The highest BCUT2D eigenvalue weighted by molar-refractivity contribution is 5.76. The number of ether oxygens (including phenoxy) is 3. The van der Waals surface area contributed by atoms with Crippen molar-refractivity contribution in [3.8, 4) is 0 Å². The number of allylic oxidation sites excluding steroid dienone is 3. The van der Waals surface area contributed by atoms with Gasteiger partial charge in [0, 0.05) is 12.8 Å². The first-order valence-electron chi connectivity index (χ1n) is 29.6. The fourth-order valence-corrected chi connectivity index (χ4v) is 9.31. The molecule has 0 aromatic carbocycles. The molecule has 1 rings (SSSR count). The third-order valence-electron chi connectivity index (χ3n) is 14.1. The quantitative estimate of drug-likeness (QED) is 0.0195. The zero-order valence-corrected chi connectivity index (χ0v) is 45.2. The average Bonchev–Trinajstić information content (AvgIpc) is 3.36. The summed E-state index contributed by atoms with van der Waals surface area (Å²) in [6.45, 7) is 4.30. The summed E-state index contributed by atoms with van der Waals surface area (Å²) in [4.78, 5) is 25.1. The molecule has 1 saturated heterocycles. The lowest BCUT2D eigenvalue weighted by molar-refractivity contribution is -0.302. The molecule has 0 spiro atoms. The molecule has 412 valence electrons. The number of carbonyl (C=O) groups excluding carboxylic acids is 2. The Hall–Kier alpha value is -1.86. The lowest BCUT2D eigenvalue weighted by Gasteiger charge is -2.40. The summed E-state index contributed by atoms with van der Waals surface area (Å²) >= 11 is 0. The van der Waals surface area contributed by atoms with Crippen LogP contribution in [0.15, 0.2) is 24.3 Å². The average molecular weight is 995 g/mol. The van der Waals surface area contributed by atoms with E-state index in [9.17, 15) is 35.1 Å². The maximum absolute atomic E-state index is 13.0. The van der Waals surface area contributed by atoms with Gasteiger partial charge in [0.05, 0.1) is 32.0 Å². The van der Waals surface area contributed by atoms with E-state index in [0.717, 1.165) is 89.9 Å². The molecular weight excluding hydrogens is 883 g/mol. The first-order valence-corrected chi connectivity index (χ1v) is 29.6. The Morgan fingerprint density at radius 3 is 1.37 bits per heavy atom. The third kappa shape index (κ3) is 38.7. The molecule has 7 atom stereocenters. The van der Waals surface area contributed by atoms with Crippen molar-refractivity contribution >= 4 is 11.9 Å². The first kappa shape index (κ1) is 66.2. The maximum Gasteiger partial charge on any atom is 0.305 e. The monoisotopic (exact) mass is 994 g/mol. The van der Waals surface area contributed by atoms with Gasteiger partial charge < -0.3 is 45.1 Å². The van der Waals surface area contributed by atoms with Gasteiger partial charge in [-0.25, -0.2) is 0 Å². The molecule has 1 heterocycles. The number of esters is 1. The Kier molecular flexibility index (Phi) is 46.6. The van der Waals surface area contributed by atoms with Crippen LogP contribution in [0.3, 0.4) is 0 Å². The summed E-state index contributed by atoms with van der Waals surface area (Å²) in [5, 5.41) is 54.2. The van der Waals surface area contributed by atoms with Crippen molar-refractivity contribution in [2.75, 3.05) is 19.8 Å². The first-order chi connectivity index (χ1) is 34.2. The lowest BCUT2D eigenvalue weighted by Crippen LogP contribution is -2.60. The fraction of sp³-hybridized carbons (Fsp3) is 0.898. The van der Waals surface area contributed by atoms with E-state index in [1.165, 1.54) is 161 Å². The zero-order valence-electron chi connectivity index (χ0n) is 45.2. The predicted molar refractivity (Wildman–Crippen MR) is 288 cm³/mol. The van der Waals surface area contributed by atoms with Crippen LogP contribution in [0.1, 0.15) is 277 Å². The summed E-state index contributed by atoms with van der Waals surface area (Å²) in [5.41, 5.74) is 0. The molecule has 1 aliphatic rings. The van der Waals surface area contributed by atoms with Crippen LogP contribution in [0.2, 0.25) is 0 Å². The fourth-order valence-electron chi connectivity index (χ4n) is 9.31. The van der Waals surface area contributed by atoms with Gasteiger partial charge in [-0.15, -0.1) is 0 Å². The van der Waals surface area contributed by atoms with E-state index in [-0.39, 0.29) is 18.5 Å². The number of hydrogen-bond acceptors (Lipinski definition) is 10. The SMILES string of the molecule is CCCCCCCCC/C=C/C(O)C(COC1OC(CO)C(O)C(O)C1O)NC(=O)CCCCCCC/C=C\CCCCCCCCCCCOC(=O)CCCCCCCCCCCCCCCCC. The lowest BCUT2D eigenvalue weighted by atomic mass is 9.99. The largest absolute Gasteiger partial charge is 0.466 e. The smallest absolute Gasteiger partial charge is 0.305 e. The second kappa shape index (κ2) is 49.4. The molecule has 0 radical (unpaired) electrons. The Balaban J connectivity index is 2.04. The van der Waals surface area contributed by atoms with Gasteiger partial charge in [0.1, 0.15) is 24.4 Å². The van der Waals surface area contributed by atoms with Gasteiger partial charge in [-0.3, -0.25) is 9.59 Å². The summed E-state index contributed by atoms with van der Waals surface area (Å²) in [6.07, 6.45) is 48.5. The molecule has 0 aromatic heterocycles. The topological polar surface area (TPSA) is 175 Å². The van der Waals surface area contributed by atoms with Crippen molar-refractivity contribution in [3.05, 3.63) is 24.3 Å². The van der Waals surface area contributed by atoms with Gasteiger partial charge in [0.2, 0.25) is 5.91 Å². The van der Waals surface area contributed by atoms with Crippen LogP contribution in [0.25, 0.3) is 0 Å². The second-order valence-electron chi connectivity index (χ2n) is 20.7. The van der Waals surface area contributed by atoms with Crippen LogP contribution >= 0.6 is 0 Å². The van der Waals surface area contributed by atoms with Crippen molar-refractivity contribution in [1.29, 1.82) is 0 Å². The number of carbonyl (C=O) groups is 2. The van der Waals surface area contributed by atoms with Crippen molar-refractivity contribution in [2.24, 2.45) is 0 Å². The molecule has 0 saturated carbocycles. The molecular formula is C59H111NO10. The van der Waals surface area contributed by atoms with Crippen molar-refractivity contribution in [3.63, 3.8) is 0 Å². The minimum absolute atomic E-state index is 0.0100. The summed E-state index contributed by atoms with van der Waals surface area (Å²) < 4.78 is 16.7. The molecule has 1 aliphatic heterocycles. The highest BCUT2D eigenvalue weighted by Crippen LogP contribution is 2.23. The molecule has 1 fully saturated rings. The van der Waals surface area contributed by atoms with Gasteiger partial charge in [0.25, 0.3) is 0 Å². The summed E-state index contributed by atoms with van der Waals surface area (Å²) in [6, 6.07) is -0.818. The number of unbranched alkanes of at least 4 members (excludes halogenated alkanes) is 35. The highest BCUT2D eigenvalue weighted by atomic mass is 16.7. The van der Waals surface area contributed by atoms with Crippen molar-refractivity contribution < 1.29 is 49.3 Å². The van der Waals surface area contributed by atoms with Gasteiger partial charge in [0.15, 0.2) is 6.29 Å². The predicted octanol–water partition coefficient (Wildman–Crippen LogP) is 13.3. The zero-order chi connectivity index (χ0) is 51.0. The third-order valence-corrected chi connectivity index (χ3v) is 14.1. The Morgan fingerprint density at radius 2 is 0.914 bits per heavy atom. The van der Waals surface area contributed by atoms with Crippen LogP contribution in [0.5, 0.6) is 0 Å². The van der Waals surface area contributed by atoms with E-state index in [4.69, 9.17) is 14.2 Å². The van der Waals surface area contributed by atoms with Crippen molar-refractivity contribution in [2.45, 2.75) is 320 Å². The van der Waals surface area contributed by atoms with Crippen LogP contribution in [-0.2, 0) is 23.8 Å². The van der Waals surface area contributed by atoms with E-state index in [0.29, 0.717) is 19.4 Å². The van der Waals surface area contributed by atoms with Gasteiger partial charge in [-0.1, -0.05) is 231 Å². The molecule has 70 heavy (non-hydrogen) atoms. The number of nitrogens with one attached hydrogen (secondary N) is 1. The number of rotatable bonds is 51. The minimum atomic E-state index is -1.57. The molecule has 6 N–H and O–H groups in total. The molecule has 11 heteroatoms. The highest BCUT2D eigenvalue weighted by Gasteiger charge is 2.44. The second-order valence-corrected chi connectivity index (χ2v) is 20.7.